The number of amides is 2. The van der Waals surface area contributed by atoms with Crippen molar-refractivity contribution in [3.8, 4) is 0 Å². The number of hydrogen-bond acceptors (Lipinski definition) is 6. The van der Waals surface area contributed by atoms with Gasteiger partial charge in [0.15, 0.2) is 5.69 Å². The molecule has 9 heteroatoms. The lowest BCUT2D eigenvalue weighted by Gasteiger charge is -2.23. The summed E-state index contributed by atoms with van der Waals surface area (Å²) in [6, 6.07) is 4.41. The van der Waals surface area contributed by atoms with Crippen LogP contribution in [-0.2, 0) is 6.54 Å². The van der Waals surface area contributed by atoms with Gasteiger partial charge in [0.25, 0.3) is 17.5 Å². The van der Waals surface area contributed by atoms with Crippen molar-refractivity contribution in [3.05, 3.63) is 57.3 Å². The fourth-order valence-electron chi connectivity index (χ4n) is 2.82. The van der Waals surface area contributed by atoms with Gasteiger partial charge in [-0.1, -0.05) is 33.8 Å². The standard InChI is InChI=1S/C21H28N4O5/c1-13(2)9-22-20(26)17-12-30-19(23-17)11-24(10-14(3)4)21(27)16-7-6-15(5)18(8-16)25(28)29/h6-8,12-14H,9-11H2,1-5H3,(H,22,26). The molecule has 9 nitrogen and oxygen atoms in total. The molecule has 0 saturated heterocycles. The third kappa shape index (κ3) is 6.13. The number of nitro groups is 1. The van der Waals surface area contributed by atoms with Crippen LogP contribution < -0.4 is 5.32 Å². The van der Waals surface area contributed by atoms with E-state index in [0.717, 1.165) is 0 Å². The molecule has 0 atom stereocenters. The number of hydrogen-bond donors (Lipinski definition) is 1. The number of oxazole rings is 1. The lowest BCUT2D eigenvalue weighted by molar-refractivity contribution is -0.385. The second kappa shape index (κ2) is 10.00. The Bertz CT molecular complexity index is 920. The lowest BCUT2D eigenvalue weighted by atomic mass is 10.1. The number of carbonyl (C=O) groups is 2. The summed E-state index contributed by atoms with van der Waals surface area (Å²) < 4.78 is 5.40. The molecule has 0 fully saturated rings. The van der Waals surface area contributed by atoms with E-state index in [1.54, 1.807) is 19.1 Å². The van der Waals surface area contributed by atoms with Crippen LogP contribution in [0, 0.1) is 28.9 Å². The van der Waals surface area contributed by atoms with Gasteiger partial charge >= 0.3 is 0 Å². The number of nitrogens with one attached hydrogen (secondary N) is 1. The number of benzene rings is 1. The van der Waals surface area contributed by atoms with Gasteiger partial charge in [0.05, 0.1) is 11.5 Å². The Morgan fingerprint density at radius 3 is 2.53 bits per heavy atom. The molecule has 0 saturated carbocycles. The molecule has 0 spiro atoms. The molecule has 0 aliphatic rings. The van der Waals surface area contributed by atoms with Crippen LogP contribution in [0.5, 0.6) is 0 Å². The van der Waals surface area contributed by atoms with Gasteiger partial charge < -0.3 is 14.6 Å². The van der Waals surface area contributed by atoms with E-state index in [1.807, 2.05) is 27.7 Å². The Morgan fingerprint density at radius 1 is 1.23 bits per heavy atom. The van der Waals surface area contributed by atoms with Gasteiger partial charge in [-0.15, -0.1) is 0 Å². The van der Waals surface area contributed by atoms with Crippen molar-refractivity contribution in [2.24, 2.45) is 11.8 Å². The highest BCUT2D eigenvalue weighted by Gasteiger charge is 2.23. The van der Waals surface area contributed by atoms with Gasteiger partial charge in [-0.2, -0.15) is 0 Å². The lowest BCUT2D eigenvalue weighted by Crippen LogP contribution is -2.34. The first-order valence-electron chi connectivity index (χ1n) is 9.85. The number of nitro benzene ring substituents is 1. The fourth-order valence-corrected chi connectivity index (χ4v) is 2.82. The van der Waals surface area contributed by atoms with E-state index >= 15 is 0 Å². The molecule has 162 valence electrons. The van der Waals surface area contributed by atoms with Crippen molar-refractivity contribution in [1.29, 1.82) is 0 Å². The molecule has 2 amide bonds. The predicted molar refractivity (Wildman–Crippen MR) is 111 cm³/mol. The van der Waals surface area contributed by atoms with Crippen molar-refractivity contribution in [2.45, 2.75) is 41.2 Å². The molecule has 0 radical (unpaired) electrons. The van der Waals surface area contributed by atoms with Crippen LogP contribution >= 0.6 is 0 Å². The average molecular weight is 416 g/mol. The molecular weight excluding hydrogens is 388 g/mol. The van der Waals surface area contributed by atoms with Crippen LogP contribution in [0.25, 0.3) is 0 Å². The minimum Gasteiger partial charge on any atom is -0.446 e. The molecule has 2 rings (SSSR count). The summed E-state index contributed by atoms with van der Waals surface area (Å²) in [6.45, 7) is 10.5. The minimum absolute atomic E-state index is 0.0517. The molecule has 1 aromatic carbocycles. The number of rotatable bonds is 9. The summed E-state index contributed by atoms with van der Waals surface area (Å²) in [6.07, 6.45) is 1.26. The van der Waals surface area contributed by atoms with Crippen LogP contribution in [0.1, 0.15) is 60.0 Å². The van der Waals surface area contributed by atoms with E-state index in [4.69, 9.17) is 4.42 Å². The van der Waals surface area contributed by atoms with E-state index in [1.165, 1.54) is 17.2 Å². The van der Waals surface area contributed by atoms with Crippen LogP contribution in [-0.4, -0.2) is 39.7 Å². The zero-order chi connectivity index (χ0) is 22.4. The highest BCUT2D eigenvalue weighted by atomic mass is 16.6. The number of carbonyl (C=O) groups excluding carboxylic acids is 2. The van der Waals surface area contributed by atoms with Crippen molar-refractivity contribution >= 4 is 17.5 Å². The molecule has 2 aromatic rings. The monoisotopic (exact) mass is 416 g/mol. The number of nitrogens with zero attached hydrogens (tertiary/aromatic N) is 3. The molecule has 1 aromatic heterocycles. The Hall–Kier alpha value is -3.23. The van der Waals surface area contributed by atoms with E-state index < -0.39 is 4.92 Å². The molecule has 0 unspecified atom stereocenters. The minimum atomic E-state index is -0.505. The van der Waals surface area contributed by atoms with Crippen molar-refractivity contribution in [1.82, 2.24) is 15.2 Å². The van der Waals surface area contributed by atoms with Gasteiger partial charge in [-0.05, 0) is 24.8 Å². The zero-order valence-corrected chi connectivity index (χ0v) is 18.0. The molecule has 0 aliphatic carbocycles. The fraction of sp³-hybridized carbons (Fsp3) is 0.476. The number of aryl methyl sites for hydroxylation is 1. The van der Waals surface area contributed by atoms with Gasteiger partial charge in [-0.3, -0.25) is 19.7 Å². The normalized spacial score (nSPS) is 11.0. The van der Waals surface area contributed by atoms with E-state index in [2.05, 4.69) is 10.3 Å². The summed E-state index contributed by atoms with van der Waals surface area (Å²) in [7, 11) is 0. The van der Waals surface area contributed by atoms with Gasteiger partial charge in [0.2, 0.25) is 5.89 Å². The van der Waals surface area contributed by atoms with Crippen LogP contribution in [0.15, 0.2) is 28.9 Å². The maximum atomic E-state index is 13.0. The summed E-state index contributed by atoms with van der Waals surface area (Å²) in [5.41, 5.74) is 0.741. The molecule has 1 heterocycles. The first kappa shape index (κ1) is 23.1. The van der Waals surface area contributed by atoms with Crippen molar-refractivity contribution in [3.63, 3.8) is 0 Å². The third-order valence-corrected chi connectivity index (χ3v) is 4.31. The van der Waals surface area contributed by atoms with E-state index in [9.17, 15) is 19.7 Å². The van der Waals surface area contributed by atoms with E-state index in [-0.39, 0.29) is 47.1 Å². The molecular formula is C21H28N4O5. The SMILES string of the molecule is Cc1ccc(C(=O)N(Cc2nc(C(=O)NCC(C)C)co2)CC(C)C)cc1[N+](=O)[O-]. The van der Waals surface area contributed by atoms with Crippen LogP contribution in [0.4, 0.5) is 5.69 Å². The maximum Gasteiger partial charge on any atom is 0.273 e. The summed E-state index contributed by atoms with van der Waals surface area (Å²) in [5.74, 6) is -0.0260. The van der Waals surface area contributed by atoms with E-state index in [0.29, 0.717) is 24.6 Å². The highest BCUT2D eigenvalue weighted by molar-refractivity contribution is 5.95. The molecule has 30 heavy (non-hydrogen) atoms. The summed E-state index contributed by atoms with van der Waals surface area (Å²) in [5, 5.41) is 14.0. The van der Waals surface area contributed by atoms with Crippen molar-refractivity contribution < 1.29 is 18.9 Å². The Labute approximate surface area is 175 Å². The van der Waals surface area contributed by atoms with Crippen molar-refractivity contribution in [2.75, 3.05) is 13.1 Å². The first-order valence-corrected chi connectivity index (χ1v) is 9.85. The number of aromatic nitrogens is 1. The Morgan fingerprint density at radius 2 is 1.93 bits per heavy atom. The Balaban J connectivity index is 2.21. The predicted octanol–water partition coefficient (Wildman–Crippen LogP) is 3.58. The Kier molecular flexibility index (Phi) is 7.68. The van der Waals surface area contributed by atoms with Crippen LogP contribution in [0.3, 0.4) is 0 Å². The zero-order valence-electron chi connectivity index (χ0n) is 18.0. The second-order valence-corrected chi connectivity index (χ2v) is 8.07. The highest BCUT2D eigenvalue weighted by Crippen LogP contribution is 2.21. The van der Waals surface area contributed by atoms with Gasteiger partial charge in [0, 0.05) is 30.3 Å². The second-order valence-electron chi connectivity index (χ2n) is 8.07. The van der Waals surface area contributed by atoms with Gasteiger partial charge in [0.1, 0.15) is 6.26 Å². The van der Waals surface area contributed by atoms with Gasteiger partial charge in [-0.25, -0.2) is 4.98 Å². The summed E-state index contributed by atoms with van der Waals surface area (Å²) in [4.78, 5) is 41.6. The molecule has 0 aliphatic heterocycles. The van der Waals surface area contributed by atoms with Crippen LogP contribution in [0.2, 0.25) is 0 Å². The quantitative estimate of drug-likeness (QED) is 0.493. The smallest absolute Gasteiger partial charge is 0.273 e. The maximum absolute atomic E-state index is 13.0. The molecule has 0 bridgehead atoms. The summed E-state index contributed by atoms with van der Waals surface area (Å²) >= 11 is 0. The molecule has 1 N–H and O–H groups in total. The topological polar surface area (TPSA) is 119 Å². The average Bonchev–Trinajstić information content (AvgIpc) is 3.13. The largest absolute Gasteiger partial charge is 0.446 e. The first-order chi connectivity index (χ1) is 14.1. The third-order valence-electron chi connectivity index (χ3n) is 4.31.